The summed E-state index contributed by atoms with van der Waals surface area (Å²) in [4.78, 5) is 32.0. The van der Waals surface area contributed by atoms with Gasteiger partial charge in [0.1, 0.15) is 0 Å². The smallest absolute Gasteiger partial charge is 0.291 e. The average Bonchev–Trinajstić information content (AvgIpc) is 2.98. The number of anilines is 2. The maximum atomic E-state index is 12.4. The Morgan fingerprint density at radius 2 is 1.76 bits per heavy atom. The molecule has 0 radical (unpaired) electrons. The minimum atomic E-state index is -0.469. The molecule has 1 amide bonds. The van der Waals surface area contributed by atoms with E-state index in [0.29, 0.717) is 28.0 Å². The number of hydrogen-bond acceptors (Lipinski definition) is 4. The zero-order valence-electron chi connectivity index (χ0n) is 14.4. The molecule has 0 bridgehead atoms. The minimum Gasteiger partial charge on any atom is -0.399 e. The SMILES string of the molecule is CC(C)(C)C(=O)c1ccc2nc(C(=O)Nc3ccc(N)cc3)[nH]c2c1. The molecule has 1 aromatic heterocycles. The summed E-state index contributed by atoms with van der Waals surface area (Å²) in [6.07, 6.45) is 0. The van der Waals surface area contributed by atoms with Gasteiger partial charge in [0.2, 0.25) is 0 Å². The molecule has 3 rings (SSSR count). The Kier molecular flexibility index (Phi) is 4.04. The quantitative estimate of drug-likeness (QED) is 0.502. The van der Waals surface area contributed by atoms with Crippen LogP contribution in [-0.2, 0) is 0 Å². The van der Waals surface area contributed by atoms with Crippen molar-refractivity contribution in [3.05, 3.63) is 53.9 Å². The van der Waals surface area contributed by atoms with E-state index in [1.54, 1.807) is 42.5 Å². The van der Waals surface area contributed by atoms with E-state index in [-0.39, 0.29) is 17.5 Å². The Bertz CT molecular complexity index is 950. The van der Waals surface area contributed by atoms with E-state index in [4.69, 9.17) is 5.73 Å². The summed E-state index contributed by atoms with van der Waals surface area (Å²) in [5.41, 5.74) is 8.29. The summed E-state index contributed by atoms with van der Waals surface area (Å²) in [7, 11) is 0. The number of aromatic nitrogens is 2. The van der Waals surface area contributed by atoms with E-state index >= 15 is 0 Å². The number of nitrogens with zero attached hydrogens (tertiary/aromatic N) is 1. The molecule has 6 heteroatoms. The second-order valence-electron chi connectivity index (χ2n) is 6.97. The average molecular weight is 336 g/mol. The third-order valence-electron chi connectivity index (χ3n) is 3.81. The summed E-state index contributed by atoms with van der Waals surface area (Å²) < 4.78 is 0. The summed E-state index contributed by atoms with van der Waals surface area (Å²) in [6.45, 7) is 5.62. The molecule has 0 atom stereocenters. The lowest BCUT2D eigenvalue weighted by molar-refractivity contribution is 0.0858. The second kappa shape index (κ2) is 6.05. The highest BCUT2D eigenvalue weighted by atomic mass is 16.2. The number of carbonyl (C=O) groups excluding carboxylic acids is 2. The van der Waals surface area contributed by atoms with Gasteiger partial charge in [0.05, 0.1) is 11.0 Å². The number of fused-ring (bicyclic) bond motifs is 1. The lowest BCUT2D eigenvalue weighted by atomic mass is 9.86. The predicted octanol–water partition coefficient (Wildman–Crippen LogP) is 3.63. The van der Waals surface area contributed by atoms with Crippen LogP contribution in [0.5, 0.6) is 0 Å². The number of aromatic amines is 1. The van der Waals surface area contributed by atoms with Crippen LogP contribution in [0.1, 0.15) is 41.7 Å². The van der Waals surface area contributed by atoms with E-state index in [2.05, 4.69) is 15.3 Å². The van der Waals surface area contributed by atoms with Gasteiger partial charge in [0.15, 0.2) is 11.6 Å². The van der Waals surface area contributed by atoms with Crippen molar-refractivity contribution in [2.75, 3.05) is 11.1 Å². The first-order valence-corrected chi connectivity index (χ1v) is 7.95. The van der Waals surface area contributed by atoms with Crippen LogP contribution in [-0.4, -0.2) is 21.7 Å². The van der Waals surface area contributed by atoms with Gasteiger partial charge in [-0.25, -0.2) is 4.98 Å². The summed E-state index contributed by atoms with van der Waals surface area (Å²) in [5, 5.41) is 2.75. The highest BCUT2D eigenvalue weighted by Gasteiger charge is 2.23. The number of nitrogen functional groups attached to an aromatic ring is 1. The number of carbonyl (C=O) groups is 2. The first-order valence-electron chi connectivity index (χ1n) is 7.95. The number of H-pyrrole nitrogens is 1. The van der Waals surface area contributed by atoms with Gasteiger partial charge < -0.3 is 16.0 Å². The predicted molar refractivity (Wildman–Crippen MR) is 98.7 cm³/mol. The number of imidazole rings is 1. The van der Waals surface area contributed by atoms with Crippen LogP contribution >= 0.6 is 0 Å². The van der Waals surface area contributed by atoms with E-state index in [9.17, 15) is 9.59 Å². The van der Waals surface area contributed by atoms with Crippen LogP contribution < -0.4 is 11.1 Å². The standard InChI is InChI=1S/C19H20N4O2/c1-19(2,3)16(24)11-4-9-14-15(10-11)23-17(22-14)18(25)21-13-7-5-12(20)6-8-13/h4-10H,20H2,1-3H3,(H,21,25)(H,22,23). The van der Waals surface area contributed by atoms with Crippen molar-refractivity contribution in [3.63, 3.8) is 0 Å². The second-order valence-corrected chi connectivity index (χ2v) is 6.97. The number of hydrogen-bond donors (Lipinski definition) is 3. The Hall–Kier alpha value is -3.15. The van der Waals surface area contributed by atoms with Crippen LogP contribution in [0.25, 0.3) is 11.0 Å². The van der Waals surface area contributed by atoms with E-state index in [1.165, 1.54) is 0 Å². The molecule has 25 heavy (non-hydrogen) atoms. The molecule has 0 aliphatic rings. The molecule has 0 saturated heterocycles. The number of nitrogens with one attached hydrogen (secondary N) is 2. The van der Waals surface area contributed by atoms with E-state index < -0.39 is 5.41 Å². The molecular weight excluding hydrogens is 316 g/mol. The van der Waals surface area contributed by atoms with Crippen molar-refractivity contribution in [2.45, 2.75) is 20.8 Å². The molecule has 0 spiro atoms. The van der Waals surface area contributed by atoms with Gasteiger partial charge >= 0.3 is 0 Å². The van der Waals surface area contributed by atoms with Crippen molar-refractivity contribution in [3.8, 4) is 0 Å². The molecule has 0 fully saturated rings. The molecule has 3 aromatic rings. The van der Waals surface area contributed by atoms with Crippen molar-refractivity contribution in [1.82, 2.24) is 9.97 Å². The maximum absolute atomic E-state index is 12.4. The fourth-order valence-electron chi connectivity index (χ4n) is 2.45. The van der Waals surface area contributed by atoms with Crippen LogP contribution in [0.3, 0.4) is 0 Å². The Labute approximate surface area is 145 Å². The Balaban J connectivity index is 1.86. The highest BCUT2D eigenvalue weighted by Crippen LogP contribution is 2.23. The van der Waals surface area contributed by atoms with Gasteiger partial charge in [-0.15, -0.1) is 0 Å². The summed E-state index contributed by atoms with van der Waals surface area (Å²) in [6, 6.07) is 12.1. The Morgan fingerprint density at radius 3 is 2.40 bits per heavy atom. The number of rotatable bonds is 3. The third-order valence-corrected chi connectivity index (χ3v) is 3.81. The lowest BCUT2D eigenvalue weighted by Gasteiger charge is -2.16. The highest BCUT2D eigenvalue weighted by molar-refractivity contribution is 6.05. The van der Waals surface area contributed by atoms with Crippen LogP contribution in [0, 0.1) is 5.41 Å². The third kappa shape index (κ3) is 3.52. The molecule has 2 aromatic carbocycles. The van der Waals surface area contributed by atoms with Gasteiger partial charge in [0, 0.05) is 22.4 Å². The van der Waals surface area contributed by atoms with Crippen LogP contribution in [0.15, 0.2) is 42.5 Å². The van der Waals surface area contributed by atoms with E-state index in [1.807, 2.05) is 20.8 Å². The zero-order chi connectivity index (χ0) is 18.2. The monoisotopic (exact) mass is 336 g/mol. The summed E-state index contributed by atoms with van der Waals surface area (Å²) in [5.74, 6) is -0.131. The zero-order valence-corrected chi connectivity index (χ0v) is 14.4. The molecule has 0 aliphatic heterocycles. The van der Waals surface area contributed by atoms with Gasteiger partial charge in [0.25, 0.3) is 5.91 Å². The molecule has 4 N–H and O–H groups in total. The first-order chi connectivity index (χ1) is 11.7. The fourth-order valence-corrected chi connectivity index (χ4v) is 2.45. The molecule has 128 valence electrons. The molecule has 0 unspecified atom stereocenters. The Morgan fingerprint density at radius 1 is 1.08 bits per heavy atom. The van der Waals surface area contributed by atoms with Gasteiger partial charge in [-0.3, -0.25) is 9.59 Å². The number of amides is 1. The normalized spacial score (nSPS) is 11.5. The van der Waals surface area contributed by atoms with Crippen molar-refractivity contribution >= 4 is 34.1 Å². The van der Waals surface area contributed by atoms with Crippen LogP contribution in [0.2, 0.25) is 0 Å². The van der Waals surface area contributed by atoms with Crippen molar-refractivity contribution in [1.29, 1.82) is 0 Å². The number of ketones is 1. The maximum Gasteiger partial charge on any atom is 0.291 e. The van der Waals surface area contributed by atoms with Gasteiger partial charge in [-0.2, -0.15) is 0 Å². The fraction of sp³-hybridized carbons (Fsp3) is 0.211. The first kappa shape index (κ1) is 16.7. The summed E-state index contributed by atoms with van der Waals surface area (Å²) >= 11 is 0. The van der Waals surface area contributed by atoms with Crippen molar-refractivity contribution < 1.29 is 9.59 Å². The lowest BCUT2D eigenvalue weighted by Crippen LogP contribution is -2.19. The number of benzene rings is 2. The number of nitrogens with two attached hydrogens (primary N) is 1. The molecule has 0 aliphatic carbocycles. The van der Waals surface area contributed by atoms with Gasteiger partial charge in [-0.1, -0.05) is 20.8 Å². The van der Waals surface area contributed by atoms with Crippen molar-refractivity contribution in [2.24, 2.45) is 5.41 Å². The molecule has 6 nitrogen and oxygen atoms in total. The minimum absolute atomic E-state index is 0.0388. The largest absolute Gasteiger partial charge is 0.399 e. The van der Waals surface area contributed by atoms with Crippen LogP contribution in [0.4, 0.5) is 11.4 Å². The number of Topliss-reactive ketones (excluding diaryl/α,β-unsaturated/α-hetero) is 1. The molecule has 1 heterocycles. The molecule has 0 saturated carbocycles. The molecular formula is C19H20N4O2. The van der Waals surface area contributed by atoms with E-state index in [0.717, 1.165) is 0 Å². The topological polar surface area (TPSA) is 101 Å². The van der Waals surface area contributed by atoms with Gasteiger partial charge in [-0.05, 0) is 42.5 Å².